The number of nitrogens with one attached hydrogen (secondary N) is 1. The molecule has 1 aliphatic rings. The van der Waals surface area contributed by atoms with Crippen LogP contribution in [0.4, 0.5) is 11.4 Å². The summed E-state index contributed by atoms with van der Waals surface area (Å²) < 4.78 is 0. The number of hydrogen-bond donors (Lipinski definition) is 1. The molecule has 1 heterocycles. The van der Waals surface area contributed by atoms with Crippen LogP contribution < -0.4 is 10.2 Å². The Hall–Kier alpha value is -2.62. The van der Waals surface area contributed by atoms with Crippen LogP contribution in [0.2, 0.25) is 0 Å². The minimum Gasteiger partial charge on any atom is -0.325 e. The molecule has 24 heavy (non-hydrogen) atoms. The fourth-order valence-corrected chi connectivity index (χ4v) is 3.09. The number of anilines is 2. The highest BCUT2D eigenvalue weighted by atomic mass is 16.2. The lowest BCUT2D eigenvalue weighted by Crippen LogP contribution is -2.28. The highest BCUT2D eigenvalue weighted by molar-refractivity contribution is 6.03. The van der Waals surface area contributed by atoms with Gasteiger partial charge >= 0.3 is 0 Å². The van der Waals surface area contributed by atoms with Gasteiger partial charge in [0.25, 0.3) is 0 Å². The van der Waals surface area contributed by atoms with E-state index in [1.807, 2.05) is 63.2 Å². The van der Waals surface area contributed by atoms with E-state index in [-0.39, 0.29) is 24.2 Å². The van der Waals surface area contributed by atoms with Gasteiger partial charge in [0, 0.05) is 24.3 Å². The number of carbonyl (C=O) groups excluding carboxylic acids is 2. The maximum Gasteiger partial charge on any atom is 0.229 e. The van der Waals surface area contributed by atoms with Crippen molar-refractivity contribution in [2.45, 2.75) is 27.2 Å². The van der Waals surface area contributed by atoms with Gasteiger partial charge in [-0.2, -0.15) is 0 Å². The Labute approximate surface area is 142 Å². The van der Waals surface area contributed by atoms with E-state index in [1.54, 1.807) is 4.90 Å². The molecule has 4 nitrogen and oxygen atoms in total. The number of nitrogens with zero attached hydrogens (tertiary/aromatic N) is 1. The Balaban J connectivity index is 1.73. The Bertz CT molecular complexity index is 760. The van der Waals surface area contributed by atoms with Crippen molar-refractivity contribution in [2.75, 3.05) is 16.8 Å². The fourth-order valence-electron chi connectivity index (χ4n) is 3.09. The largest absolute Gasteiger partial charge is 0.325 e. The van der Waals surface area contributed by atoms with Gasteiger partial charge in [0.05, 0.1) is 5.92 Å². The van der Waals surface area contributed by atoms with Crippen LogP contribution in [0, 0.1) is 26.7 Å². The van der Waals surface area contributed by atoms with Crippen molar-refractivity contribution in [1.82, 2.24) is 0 Å². The van der Waals surface area contributed by atoms with Crippen molar-refractivity contribution < 1.29 is 9.59 Å². The number of hydrogen-bond acceptors (Lipinski definition) is 2. The summed E-state index contributed by atoms with van der Waals surface area (Å²) >= 11 is 0. The summed E-state index contributed by atoms with van der Waals surface area (Å²) in [4.78, 5) is 26.6. The monoisotopic (exact) mass is 322 g/mol. The second kappa shape index (κ2) is 6.48. The molecule has 1 unspecified atom stereocenters. The maximum absolute atomic E-state index is 12.6. The normalized spacial score (nSPS) is 17.2. The van der Waals surface area contributed by atoms with E-state index in [0.717, 1.165) is 28.1 Å². The first kappa shape index (κ1) is 16.2. The van der Waals surface area contributed by atoms with Crippen LogP contribution in [0.3, 0.4) is 0 Å². The highest BCUT2D eigenvalue weighted by Crippen LogP contribution is 2.27. The predicted molar refractivity (Wildman–Crippen MR) is 96.2 cm³/mol. The molecule has 3 rings (SSSR count). The second-order valence-corrected chi connectivity index (χ2v) is 6.50. The molecule has 0 aliphatic carbocycles. The lowest BCUT2D eigenvalue weighted by molar-refractivity contribution is -0.122. The zero-order valence-corrected chi connectivity index (χ0v) is 14.3. The van der Waals surface area contributed by atoms with Crippen LogP contribution in [0.5, 0.6) is 0 Å². The molecular weight excluding hydrogens is 300 g/mol. The minimum atomic E-state index is -0.321. The van der Waals surface area contributed by atoms with E-state index in [1.165, 1.54) is 0 Å². The van der Waals surface area contributed by atoms with E-state index >= 15 is 0 Å². The minimum absolute atomic E-state index is 0.000471. The first-order valence-electron chi connectivity index (χ1n) is 8.20. The SMILES string of the molecule is Cc1ccc(N2CC(C(=O)Nc3c(C)cccc3C)CC2=O)cc1. The summed E-state index contributed by atoms with van der Waals surface area (Å²) in [5.41, 5.74) is 4.91. The van der Waals surface area contributed by atoms with Crippen molar-refractivity contribution in [2.24, 2.45) is 5.92 Å². The van der Waals surface area contributed by atoms with Crippen LogP contribution in [0.15, 0.2) is 42.5 Å². The lowest BCUT2D eigenvalue weighted by Gasteiger charge is -2.17. The van der Waals surface area contributed by atoms with Crippen molar-refractivity contribution in [1.29, 1.82) is 0 Å². The van der Waals surface area contributed by atoms with Gasteiger partial charge in [-0.15, -0.1) is 0 Å². The van der Waals surface area contributed by atoms with Crippen LogP contribution in [0.1, 0.15) is 23.1 Å². The molecule has 4 heteroatoms. The Morgan fingerprint density at radius 2 is 1.67 bits per heavy atom. The maximum atomic E-state index is 12.6. The van der Waals surface area contributed by atoms with Crippen molar-refractivity contribution in [3.05, 3.63) is 59.2 Å². The van der Waals surface area contributed by atoms with E-state index in [2.05, 4.69) is 5.32 Å². The zero-order chi connectivity index (χ0) is 17.3. The standard InChI is InChI=1S/C20H22N2O2/c1-13-7-9-17(10-8-13)22-12-16(11-18(22)23)20(24)21-19-14(2)5-4-6-15(19)3/h4-10,16H,11-12H2,1-3H3,(H,21,24). The molecule has 0 spiro atoms. The van der Waals surface area contributed by atoms with E-state index < -0.39 is 0 Å². The van der Waals surface area contributed by atoms with E-state index in [9.17, 15) is 9.59 Å². The summed E-state index contributed by atoms with van der Waals surface area (Å²) in [7, 11) is 0. The van der Waals surface area contributed by atoms with Crippen LogP contribution in [-0.4, -0.2) is 18.4 Å². The van der Waals surface area contributed by atoms with Gasteiger partial charge < -0.3 is 10.2 Å². The molecular formula is C20H22N2O2. The quantitative estimate of drug-likeness (QED) is 0.938. The first-order valence-corrected chi connectivity index (χ1v) is 8.20. The average molecular weight is 322 g/mol. The Morgan fingerprint density at radius 1 is 1.04 bits per heavy atom. The van der Waals surface area contributed by atoms with Gasteiger partial charge in [0.1, 0.15) is 0 Å². The van der Waals surface area contributed by atoms with Gasteiger partial charge in [0.15, 0.2) is 0 Å². The molecule has 2 aromatic rings. The Morgan fingerprint density at radius 3 is 2.29 bits per heavy atom. The van der Waals surface area contributed by atoms with Gasteiger partial charge in [0.2, 0.25) is 11.8 Å². The summed E-state index contributed by atoms with van der Waals surface area (Å²) in [6, 6.07) is 13.7. The van der Waals surface area contributed by atoms with Crippen LogP contribution >= 0.6 is 0 Å². The third-order valence-electron chi connectivity index (χ3n) is 4.57. The second-order valence-electron chi connectivity index (χ2n) is 6.50. The van der Waals surface area contributed by atoms with Crippen molar-refractivity contribution in [3.8, 4) is 0 Å². The zero-order valence-electron chi connectivity index (χ0n) is 14.3. The summed E-state index contributed by atoms with van der Waals surface area (Å²) in [6.45, 7) is 6.39. The summed E-state index contributed by atoms with van der Waals surface area (Å²) in [5.74, 6) is -0.409. The van der Waals surface area contributed by atoms with Crippen LogP contribution in [0.25, 0.3) is 0 Å². The molecule has 0 saturated carbocycles. The van der Waals surface area contributed by atoms with Gasteiger partial charge in [-0.05, 0) is 44.0 Å². The Kier molecular flexibility index (Phi) is 4.38. The molecule has 1 saturated heterocycles. The van der Waals surface area contributed by atoms with Gasteiger partial charge in [-0.25, -0.2) is 0 Å². The number of carbonyl (C=O) groups is 2. The molecule has 0 radical (unpaired) electrons. The van der Waals surface area contributed by atoms with E-state index in [4.69, 9.17) is 0 Å². The highest BCUT2D eigenvalue weighted by Gasteiger charge is 2.35. The molecule has 1 fully saturated rings. The fraction of sp³-hybridized carbons (Fsp3) is 0.300. The topological polar surface area (TPSA) is 49.4 Å². The first-order chi connectivity index (χ1) is 11.5. The van der Waals surface area contributed by atoms with E-state index in [0.29, 0.717) is 6.54 Å². The lowest BCUT2D eigenvalue weighted by atomic mass is 10.1. The molecule has 2 aromatic carbocycles. The molecule has 2 amide bonds. The molecule has 0 aromatic heterocycles. The smallest absolute Gasteiger partial charge is 0.229 e. The summed E-state index contributed by atoms with van der Waals surface area (Å²) in [5, 5.41) is 3.00. The van der Waals surface area contributed by atoms with Crippen molar-refractivity contribution >= 4 is 23.2 Å². The summed E-state index contributed by atoms with van der Waals surface area (Å²) in [6.07, 6.45) is 0.255. The molecule has 1 aliphatic heterocycles. The third-order valence-corrected chi connectivity index (χ3v) is 4.57. The number of aryl methyl sites for hydroxylation is 3. The molecule has 1 atom stereocenters. The van der Waals surface area contributed by atoms with Crippen LogP contribution in [-0.2, 0) is 9.59 Å². The third kappa shape index (κ3) is 3.18. The number of para-hydroxylation sites is 1. The predicted octanol–water partition coefficient (Wildman–Crippen LogP) is 3.60. The number of amides is 2. The number of rotatable bonds is 3. The van der Waals surface area contributed by atoms with Crippen molar-refractivity contribution in [3.63, 3.8) is 0 Å². The molecule has 124 valence electrons. The van der Waals surface area contributed by atoms with Gasteiger partial charge in [-0.1, -0.05) is 35.9 Å². The molecule has 1 N–H and O–H groups in total. The van der Waals surface area contributed by atoms with Gasteiger partial charge in [-0.3, -0.25) is 9.59 Å². The number of benzene rings is 2. The molecule has 0 bridgehead atoms. The average Bonchev–Trinajstić information content (AvgIpc) is 2.94.